The maximum absolute atomic E-state index is 12.4. The van der Waals surface area contributed by atoms with Gasteiger partial charge in [0.1, 0.15) is 17.2 Å². The summed E-state index contributed by atoms with van der Waals surface area (Å²) in [5, 5.41) is 0. The second-order valence-electron chi connectivity index (χ2n) is 4.12. The molecule has 0 saturated carbocycles. The zero-order valence-corrected chi connectivity index (χ0v) is 12.8. The second-order valence-corrected chi connectivity index (χ2v) is 5.77. The van der Waals surface area contributed by atoms with E-state index in [2.05, 4.69) is 4.72 Å². The molecular formula is C12H20N2O5S. The summed E-state index contributed by atoms with van der Waals surface area (Å²) in [6.07, 6.45) is 0. The highest BCUT2D eigenvalue weighted by atomic mass is 32.2. The number of methoxy groups -OCH3 is 3. The smallest absolute Gasteiger partial charge is 0.248 e. The summed E-state index contributed by atoms with van der Waals surface area (Å²) in [5.41, 5.74) is 5.43. The summed E-state index contributed by atoms with van der Waals surface area (Å²) in [7, 11) is 0.401. The van der Waals surface area contributed by atoms with Crippen molar-refractivity contribution < 1.29 is 22.6 Å². The van der Waals surface area contributed by atoms with Crippen LogP contribution in [0.5, 0.6) is 17.2 Å². The molecular weight excluding hydrogens is 284 g/mol. The van der Waals surface area contributed by atoms with E-state index < -0.39 is 16.1 Å². The Kier molecular flexibility index (Phi) is 5.61. The van der Waals surface area contributed by atoms with Crippen LogP contribution in [-0.4, -0.2) is 42.3 Å². The van der Waals surface area contributed by atoms with Gasteiger partial charge in [-0.25, -0.2) is 13.1 Å². The van der Waals surface area contributed by atoms with Gasteiger partial charge in [-0.15, -0.1) is 0 Å². The van der Waals surface area contributed by atoms with Gasteiger partial charge in [-0.3, -0.25) is 0 Å². The van der Waals surface area contributed by atoms with E-state index in [0.29, 0.717) is 5.75 Å². The van der Waals surface area contributed by atoms with Crippen LogP contribution in [0.15, 0.2) is 17.0 Å². The van der Waals surface area contributed by atoms with Crippen LogP contribution < -0.4 is 24.7 Å². The Morgan fingerprint density at radius 1 is 1.15 bits per heavy atom. The minimum atomic E-state index is -3.82. The van der Waals surface area contributed by atoms with Crippen LogP contribution in [0.4, 0.5) is 0 Å². The Balaban J connectivity index is 3.42. The predicted octanol–water partition coefficient (Wildman–Crippen LogP) is 0.338. The van der Waals surface area contributed by atoms with Crippen molar-refractivity contribution in [3.8, 4) is 17.2 Å². The van der Waals surface area contributed by atoms with E-state index >= 15 is 0 Å². The predicted molar refractivity (Wildman–Crippen MR) is 74.9 cm³/mol. The Labute approximate surface area is 119 Å². The molecule has 114 valence electrons. The number of hydrogen-bond acceptors (Lipinski definition) is 6. The Morgan fingerprint density at radius 3 is 2.00 bits per heavy atom. The fourth-order valence-electron chi connectivity index (χ4n) is 1.61. The number of rotatable bonds is 7. The van der Waals surface area contributed by atoms with E-state index in [1.807, 2.05) is 0 Å². The van der Waals surface area contributed by atoms with Crippen molar-refractivity contribution in [2.75, 3.05) is 27.9 Å². The van der Waals surface area contributed by atoms with Gasteiger partial charge in [0.25, 0.3) is 0 Å². The third-order valence-corrected chi connectivity index (χ3v) is 4.30. The van der Waals surface area contributed by atoms with Crippen molar-refractivity contribution in [3.63, 3.8) is 0 Å². The molecule has 20 heavy (non-hydrogen) atoms. The van der Waals surface area contributed by atoms with Crippen molar-refractivity contribution in [2.24, 2.45) is 5.73 Å². The normalized spacial score (nSPS) is 12.8. The number of benzene rings is 1. The number of sulfonamides is 1. The summed E-state index contributed by atoms with van der Waals surface area (Å²) in [6.45, 7) is 1.85. The summed E-state index contributed by atoms with van der Waals surface area (Å²) < 4.78 is 42.6. The number of ether oxygens (including phenoxy) is 3. The van der Waals surface area contributed by atoms with Crippen molar-refractivity contribution in [1.29, 1.82) is 0 Å². The van der Waals surface area contributed by atoms with Crippen LogP contribution in [0.1, 0.15) is 6.92 Å². The number of nitrogens with one attached hydrogen (secondary N) is 1. The Hall–Kier alpha value is -1.51. The van der Waals surface area contributed by atoms with Crippen molar-refractivity contribution in [1.82, 2.24) is 4.72 Å². The lowest BCUT2D eigenvalue weighted by Crippen LogP contribution is -2.38. The highest BCUT2D eigenvalue weighted by molar-refractivity contribution is 7.89. The Bertz CT molecular complexity index is 534. The molecule has 0 saturated heterocycles. The van der Waals surface area contributed by atoms with Gasteiger partial charge in [-0.05, 0) is 6.92 Å². The lowest BCUT2D eigenvalue weighted by Gasteiger charge is -2.17. The first-order valence-corrected chi connectivity index (χ1v) is 7.40. The lowest BCUT2D eigenvalue weighted by molar-refractivity contribution is 0.358. The number of hydrogen-bond donors (Lipinski definition) is 2. The van der Waals surface area contributed by atoms with Crippen molar-refractivity contribution >= 4 is 10.0 Å². The van der Waals surface area contributed by atoms with Crippen LogP contribution in [0, 0.1) is 0 Å². The molecule has 3 N–H and O–H groups in total. The summed E-state index contributed by atoms with van der Waals surface area (Å²) >= 11 is 0. The van der Waals surface area contributed by atoms with Crippen LogP contribution in [-0.2, 0) is 10.0 Å². The molecule has 0 fully saturated rings. The average molecular weight is 304 g/mol. The topological polar surface area (TPSA) is 99.9 Å². The highest BCUT2D eigenvalue weighted by Crippen LogP contribution is 2.37. The van der Waals surface area contributed by atoms with Gasteiger partial charge in [0, 0.05) is 24.7 Å². The molecule has 8 heteroatoms. The minimum absolute atomic E-state index is 0.0800. The van der Waals surface area contributed by atoms with E-state index in [4.69, 9.17) is 19.9 Å². The maximum atomic E-state index is 12.4. The molecule has 0 aliphatic rings. The molecule has 0 aliphatic carbocycles. The van der Waals surface area contributed by atoms with Gasteiger partial charge in [-0.1, -0.05) is 0 Å². The molecule has 0 bridgehead atoms. The maximum Gasteiger partial charge on any atom is 0.248 e. The third-order valence-electron chi connectivity index (χ3n) is 2.65. The summed E-state index contributed by atoms with van der Waals surface area (Å²) in [6, 6.07) is 2.55. The molecule has 0 amide bonds. The third kappa shape index (κ3) is 3.53. The van der Waals surface area contributed by atoms with Gasteiger partial charge < -0.3 is 19.9 Å². The molecule has 0 aliphatic heterocycles. The van der Waals surface area contributed by atoms with Gasteiger partial charge in [-0.2, -0.15) is 0 Å². The van der Waals surface area contributed by atoms with Crippen LogP contribution in [0.2, 0.25) is 0 Å². The monoisotopic (exact) mass is 304 g/mol. The van der Waals surface area contributed by atoms with E-state index in [9.17, 15) is 8.42 Å². The zero-order chi connectivity index (χ0) is 15.3. The first kappa shape index (κ1) is 16.5. The first-order valence-electron chi connectivity index (χ1n) is 5.92. The van der Waals surface area contributed by atoms with Gasteiger partial charge in [0.05, 0.1) is 21.3 Å². The molecule has 0 heterocycles. The second kappa shape index (κ2) is 6.78. The molecule has 1 aromatic carbocycles. The minimum Gasteiger partial charge on any atom is -0.496 e. The molecule has 7 nitrogen and oxygen atoms in total. The van der Waals surface area contributed by atoms with Crippen molar-refractivity contribution in [2.45, 2.75) is 17.9 Å². The van der Waals surface area contributed by atoms with Crippen LogP contribution >= 0.6 is 0 Å². The first-order chi connectivity index (χ1) is 9.39. The van der Waals surface area contributed by atoms with Gasteiger partial charge >= 0.3 is 0 Å². The van der Waals surface area contributed by atoms with Crippen LogP contribution in [0.3, 0.4) is 0 Å². The van der Waals surface area contributed by atoms with E-state index in [1.165, 1.54) is 33.5 Å². The standard InChI is InChI=1S/C12H20N2O5S/c1-8(7-13)14-20(15,16)12-10(18-3)5-9(17-2)6-11(12)19-4/h5-6,8,14H,7,13H2,1-4H3/t8-/m1/s1. The van der Waals surface area contributed by atoms with Crippen LogP contribution in [0.25, 0.3) is 0 Å². The number of nitrogens with two attached hydrogens (primary N) is 1. The fraction of sp³-hybridized carbons (Fsp3) is 0.500. The van der Waals surface area contributed by atoms with Crippen molar-refractivity contribution in [3.05, 3.63) is 12.1 Å². The zero-order valence-electron chi connectivity index (χ0n) is 12.0. The lowest BCUT2D eigenvalue weighted by atomic mass is 10.3. The SMILES string of the molecule is COc1cc(OC)c(S(=O)(=O)N[C@H](C)CN)c(OC)c1. The van der Waals surface area contributed by atoms with E-state index in [0.717, 1.165) is 0 Å². The average Bonchev–Trinajstić information content (AvgIpc) is 2.44. The molecule has 1 aromatic rings. The fourth-order valence-corrected chi connectivity index (χ4v) is 3.17. The molecule has 0 unspecified atom stereocenters. The molecule has 1 atom stereocenters. The molecule has 0 spiro atoms. The van der Waals surface area contributed by atoms with E-state index in [1.54, 1.807) is 6.92 Å². The van der Waals surface area contributed by atoms with E-state index in [-0.39, 0.29) is 22.9 Å². The molecule has 1 rings (SSSR count). The summed E-state index contributed by atoms with van der Waals surface area (Å²) in [5.74, 6) is 0.709. The summed E-state index contributed by atoms with van der Waals surface area (Å²) in [4.78, 5) is -0.0800. The quantitative estimate of drug-likeness (QED) is 0.753. The molecule has 0 radical (unpaired) electrons. The largest absolute Gasteiger partial charge is 0.496 e. The van der Waals surface area contributed by atoms with Gasteiger partial charge in [0.15, 0.2) is 4.90 Å². The highest BCUT2D eigenvalue weighted by Gasteiger charge is 2.27. The molecule has 0 aromatic heterocycles. The van der Waals surface area contributed by atoms with Gasteiger partial charge in [0.2, 0.25) is 10.0 Å². The Morgan fingerprint density at radius 2 is 1.65 bits per heavy atom.